The maximum Gasteiger partial charge on any atom is 0.251 e. The molecule has 5 nitrogen and oxygen atoms in total. The molecule has 6 heteroatoms. The van der Waals surface area contributed by atoms with E-state index in [0.29, 0.717) is 17.1 Å². The van der Waals surface area contributed by atoms with Crippen LogP contribution in [-0.2, 0) is 4.79 Å². The summed E-state index contributed by atoms with van der Waals surface area (Å²) in [4.78, 5) is 25.4. The number of rotatable bonds is 6. The van der Waals surface area contributed by atoms with Crippen LogP contribution >= 0.6 is 11.6 Å². The first-order valence-electron chi connectivity index (χ1n) is 6.77. The maximum atomic E-state index is 12.0. The van der Waals surface area contributed by atoms with Gasteiger partial charge in [-0.1, -0.05) is 17.7 Å². The maximum absolute atomic E-state index is 12.0. The van der Waals surface area contributed by atoms with Crippen molar-refractivity contribution in [3.8, 4) is 0 Å². The second-order valence-corrected chi connectivity index (χ2v) is 5.85. The molecule has 0 aliphatic rings. The number of hydrogen-bond acceptors (Lipinski definition) is 3. The van der Waals surface area contributed by atoms with Gasteiger partial charge in [0.25, 0.3) is 5.91 Å². The fourth-order valence-corrected chi connectivity index (χ4v) is 2.03. The van der Waals surface area contributed by atoms with E-state index in [1.807, 2.05) is 6.92 Å². The van der Waals surface area contributed by atoms with Gasteiger partial charge in [0.2, 0.25) is 5.91 Å². The summed E-state index contributed by atoms with van der Waals surface area (Å²) in [6.07, 6.45) is 0. The minimum Gasteiger partial charge on any atom is -0.389 e. The lowest BCUT2D eigenvalue weighted by Crippen LogP contribution is -2.46. The number of nitrogens with one attached hydrogen (secondary N) is 1. The first kappa shape index (κ1) is 17.5. The van der Waals surface area contributed by atoms with Gasteiger partial charge in [-0.3, -0.25) is 9.59 Å². The van der Waals surface area contributed by atoms with E-state index >= 15 is 0 Å². The summed E-state index contributed by atoms with van der Waals surface area (Å²) in [5.74, 6) is -0.597. The van der Waals surface area contributed by atoms with Gasteiger partial charge in [0.15, 0.2) is 0 Å². The molecule has 1 aromatic rings. The fraction of sp³-hybridized carbons (Fsp3) is 0.467. The molecule has 0 aliphatic carbocycles. The molecule has 0 saturated heterocycles. The minimum atomic E-state index is -0.970. The van der Waals surface area contributed by atoms with Crippen molar-refractivity contribution in [3.05, 3.63) is 34.9 Å². The Kier molecular flexibility index (Phi) is 6.18. The summed E-state index contributed by atoms with van der Waals surface area (Å²) in [7, 11) is 0. The first-order chi connectivity index (χ1) is 9.73. The zero-order valence-electron chi connectivity index (χ0n) is 12.5. The lowest BCUT2D eigenvalue weighted by Gasteiger charge is -2.28. The van der Waals surface area contributed by atoms with Crippen LogP contribution in [0.4, 0.5) is 0 Å². The normalized spacial score (nSPS) is 11.1. The van der Waals surface area contributed by atoms with E-state index in [9.17, 15) is 14.7 Å². The van der Waals surface area contributed by atoms with Crippen molar-refractivity contribution in [2.75, 3.05) is 19.6 Å². The monoisotopic (exact) mass is 312 g/mol. The number of likely N-dealkylation sites (N-methyl/N-ethyl adjacent to an activating group) is 1. The highest BCUT2D eigenvalue weighted by Gasteiger charge is 2.21. The molecule has 0 heterocycles. The molecular formula is C15H21ClN2O3. The van der Waals surface area contributed by atoms with E-state index in [0.717, 1.165) is 0 Å². The van der Waals surface area contributed by atoms with Crippen LogP contribution in [0.2, 0.25) is 5.02 Å². The minimum absolute atomic E-state index is 0.116. The predicted molar refractivity (Wildman–Crippen MR) is 82.3 cm³/mol. The van der Waals surface area contributed by atoms with E-state index in [-0.39, 0.29) is 24.9 Å². The smallest absolute Gasteiger partial charge is 0.251 e. The van der Waals surface area contributed by atoms with Gasteiger partial charge in [0.05, 0.1) is 12.1 Å². The van der Waals surface area contributed by atoms with Crippen LogP contribution in [0.1, 0.15) is 31.1 Å². The van der Waals surface area contributed by atoms with Crippen molar-refractivity contribution in [2.45, 2.75) is 26.4 Å². The lowest BCUT2D eigenvalue weighted by atomic mass is 10.1. The number of amides is 2. The summed E-state index contributed by atoms with van der Waals surface area (Å²) in [5, 5.41) is 12.8. The van der Waals surface area contributed by atoms with Crippen LogP contribution in [0.3, 0.4) is 0 Å². The molecule has 0 fully saturated rings. The van der Waals surface area contributed by atoms with Gasteiger partial charge in [-0.2, -0.15) is 0 Å². The number of aliphatic hydroxyl groups is 1. The van der Waals surface area contributed by atoms with Gasteiger partial charge < -0.3 is 15.3 Å². The molecule has 0 aromatic heterocycles. The van der Waals surface area contributed by atoms with E-state index in [4.69, 9.17) is 11.6 Å². The second kappa shape index (κ2) is 7.43. The zero-order chi connectivity index (χ0) is 16.0. The van der Waals surface area contributed by atoms with E-state index in [1.165, 1.54) is 11.0 Å². The van der Waals surface area contributed by atoms with Gasteiger partial charge in [0, 0.05) is 23.7 Å². The summed E-state index contributed by atoms with van der Waals surface area (Å²) in [5.41, 5.74) is -0.566. The Labute approximate surface area is 129 Å². The lowest BCUT2D eigenvalue weighted by molar-refractivity contribution is -0.132. The van der Waals surface area contributed by atoms with Crippen molar-refractivity contribution in [2.24, 2.45) is 0 Å². The van der Waals surface area contributed by atoms with Crippen LogP contribution in [0.15, 0.2) is 24.3 Å². The number of halogens is 1. The molecule has 116 valence electrons. The van der Waals surface area contributed by atoms with E-state index < -0.39 is 5.60 Å². The summed E-state index contributed by atoms with van der Waals surface area (Å²) in [6.45, 7) is 5.66. The van der Waals surface area contributed by atoms with Crippen molar-refractivity contribution in [3.63, 3.8) is 0 Å². The van der Waals surface area contributed by atoms with Crippen molar-refractivity contribution in [1.82, 2.24) is 10.2 Å². The summed E-state index contributed by atoms with van der Waals surface area (Å²) in [6, 6.07) is 6.51. The topological polar surface area (TPSA) is 69.6 Å². The zero-order valence-corrected chi connectivity index (χ0v) is 13.3. The Morgan fingerprint density at radius 1 is 1.38 bits per heavy atom. The van der Waals surface area contributed by atoms with Crippen LogP contribution in [-0.4, -0.2) is 47.1 Å². The van der Waals surface area contributed by atoms with E-state index in [1.54, 1.807) is 32.0 Å². The van der Waals surface area contributed by atoms with Gasteiger partial charge in [0.1, 0.15) is 0 Å². The third-order valence-electron chi connectivity index (χ3n) is 2.80. The number of nitrogens with zero attached hydrogens (tertiary/aromatic N) is 1. The Hall–Kier alpha value is -1.59. The molecule has 1 aromatic carbocycles. The number of hydrogen-bond donors (Lipinski definition) is 2. The van der Waals surface area contributed by atoms with Crippen molar-refractivity contribution < 1.29 is 14.7 Å². The van der Waals surface area contributed by atoms with Gasteiger partial charge >= 0.3 is 0 Å². The largest absolute Gasteiger partial charge is 0.389 e. The number of carbonyl (C=O) groups is 2. The van der Waals surface area contributed by atoms with Crippen LogP contribution in [0.25, 0.3) is 0 Å². The molecule has 1 rings (SSSR count). The quantitative estimate of drug-likeness (QED) is 0.840. The summed E-state index contributed by atoms with van der Waals surface area (Å²) < 4.78 is 0. The Morgan fingerprint density at radius 2 is 2.05 bits per heavy atom. The molecule has 0 aliphatic heterocycles. The van der Waals surface area contributed by atoms with Crippen LogP contribution in [0.5, 0.6) is 0 Å². The molecule has 21 heavy (non-hydrogen) atoms. The summed E-state index contributed by atoms with van der Waals surface area (Å²) >= 11 is 5.81. The third kappa shape index (κ3) is 6.14. The highest BCUT2D eigenvalue weighted by Crippen LogP contribution is 2.10. The molecule has 0 bridgehead atoms. The Morgan fingerprint density at radius 3 is 2.57 bits per heavy atom. The SMILES string of the molecule is CCN(CC(C)(C)O)C(=O)CNC(=O)c1cccc(Cl)c1. The Balaban J connectivity index is 2.57. The number of benzene rings is 1. The molecule has 0 atom stereocenters. The number of carbonyl (C=O) groups excluding carboxylic acids is 2. The van der Waals surface area contributed by atoms with E-state index in [2.05, 4.69) is 5.32 Å². The van der Waals surface area contributed by atoms with Crippen molar-refractivity contribution in [1.29, 1.82) is 0 Å². The first-order valence-corrected chi connectivity index (χ1v) is 7.14. The van der Waals surface area contributed by atoms with Crippen molar-refractivity contribution >= 4 is 23.4 Å². The van der Waals surface area contributed by atoms with Crippen LogP contribution in [0, 0.1) is 0 Å². The fourth-order valence-electron chi connectivity index (χ4n) is 1.84. The molecule has 2 N–H and O–H groups in total. The molecular weight excluding hydrogens is 292 g/mol. The predicted octanol–water partition coefficient (Wildman–Crippen LogP) is 1.69. The van der Waals surface area contributed by atoms with Gasteiger partial charge in [-0.05, 0) is 39.0 Å². The molecule has 0 saturated carbocycles. The standard InChI is InChI=1S/C15H21ClN2O3/c1-4-18(10-15(2,3)21)13(19)9-17-14(20)11-6-5-7-12(16)8-11/h5-8,21H,4,9-10H2,1-3H3,(H,17,20). The molecule has 0 spiro atoms. The highest BCUT2D eigenvalue weighted by molar-refractivity contribution is 6.30. The average Bonchev–Trinajstić information content (AvgIpc) is 2.40. The highest BCUT2D eigenvalue weighted by atomic mass is 35.5. The third-order valence-corrected chi connectivity index (χ3v) is 3.03. The molecule has 0 unspecified atom stereocenters. The molecule has 0 radical (unpaired) electrons. The second-order valence-electron chi connectivity index (χ2n) is 5.41. The average molecular weight is 313 g/mol. The van der Waals surface area contributed by atoms with Crippen LogP contribution < -0.4 is 5.32 Å². The Bertz CT molecular complexity index is 512. The molecule has 2 amide bonds. The van der Waals surface area contributed by atoms with Gasteiger partial charge in [-0.15, -0.1) is 0 Å². The van der Waals surface area contributed by atoms with Gasteiger partial charge in [-0.25, -0.2) is 0 Å².